The SMILES string of the molecule is COc1ccc(C(=O)N2CCN(C(=O)[C@@H](NS(=O)(=O)c3ccc(OC)cc3)C(C)C)CC2)cc1. The predicted molar refractivity (Wildman–Crippen MR) is 127 cm³/mol. The Hall–Kier alpha value is -3.11. The first-order chi connectivity index (χ1) is 16.2. The molecule has 0 bridgehead atoms. The van der Waals surface area contributed by atoms with Gasteiger partial charge in [-0.15, -0.1) is 0 Å². The zero-order chi connectivity index (χ0) is 24.9. The molecule has 10 heteroatoms. The number of hydrogen-bond acceptors (Lipinski definition) is 6. The van der Waals surface area contributed by atoms with Gasteiger partial charge < -0.3 is 19.3 Å². The number of benzene rings is 2. The van der Waals surface area contributed by atoms with Crippen molar-refractivity contribution in [3.8, 4) is 11.5 Å². The fourth-order valence-electron chi connectivity index (χ4n) is 3.70. The number of nitrogens with one attached hydrogen (secondary N) is 1. The van der Waals surface area contributed by atoms with Crippen molar-refractivity contribution in [2.24, 2.45) is 5.92 Å². The second-order valence-electron chi connectivity index (χ2n) is 8.36. The van der Waals surface area contributed by atoms with Gasteiger partial charge in [0.05, 0.1) is 19.1 Å². The predicted octanol–water partition coefficient (Wildman–Crippen LogP) is 1.99. The van der Waals surface area contributed by atoms with Gasteiger partial charge in [0.25, 0.3) is 5.91 Å². The summed E-state index contributed by atoms with van der Waals surface area (Å²) in [5.41, 5.74) is 0.549. The Morgan fingerprint density at radius 1 is 0.824 bits per heavy atom. The Balaban J connectivity index is 1.64. The molecule has 2 aromatic carbocycles. The van der Waals surface area contributed by atoms with Crippen molar-refractivity contribution >= 4 is 21.8 Å². The van der Waals surface area contributed by atoms with Crippen LogP contribution in [0.25, 0.3) is 0 Å². The van der Waals surface area contributed by atoms with Crippen LogP contribution in [0.4, 0.5) is 0 Å². The molecule has 1 saturated heterocycles. The van der Waals surface area contributed by atoms with E-state index in [-0.39, 0.29) is 22.6 Å². The van der Waals surface area contributed by atoms with Gasteiger partial charge in [0.2, 0.25) is 15.9 Å². The summed E-state index contributed by atoms with van der Waals surface area (Å²) in [6, 6.07) is 11.9. The normalized spacial score (nSPS) is 15.2. The molecule has 0 radical (unpaired) electrons. The fourth-order valence-corrected chi connectivity index (χ4v) is 5.04. The number of nitrogens with zero attached hydrogens (tertiary/aromatic N) is 2. The minimum Gasteiger partial charge on any atom is -0.497 e. The van der Waals surface area contributed by atoms with Crippen molar-refractivity contribution in [3.05, 3.63) is 54.1 Å². The van der Waals surface area contributed by atoms with E-state index in [2.05, 4.69) is 4.72 Å². The molecule has 0 aromatic heterocycles. The molecule has 2 aromatic rings. The maximum Gasteiger partial charge on any atom is 0.253 e. The van der Waals surface area contributed by atoms with Gasteiger partial charge in [-0.25, -0.2) is 8.42 Å². The Morgan fingerprint density at radius 3 is 1.76 bits per heavy atom. The zero-order valence-corrected chi connectivity index (χ0v) is 20.7. The second kappa shape index (κ2) is 10.9. The van der Waals surface area contributed by atoms with Gasteiger partial charge in [-0.1, -0.05) is 13.8 Å². The summed E-state index contributed by atoms with van der Waals surface area (Å²) >= 11 is 0. The first kappa shape index (κ1) is 25.5. The summed E-state index contributed by atoms with van der Waals surface area (Å²) in [5.74, 6) is 0.528. The van der Waals surface area contributed by atoms with E-state index in [1.165, 1.54) is 19.2 Å². The number of rotatable bonds is 8. The summed E-state index contributed by atoms with van der Waals surface area (Å²) in [7, 11) is -0.843. The molecule has 1 aliphatic rings. The van der Waals surface area contributed by atoms with Crippen LogP contribution >= 0.6 is 0 Å². The molecular formula is C24H31N3O6S. The molecule has 0 unspecified atom stereocenters. The van der Waals surface area contributed by atoms with Crippen LogP contribution in [0.1, 0.15) is 24.2 Å². The van der Waals surface area contributed by atoms with E-state index in [1.807, 2.05) is 0 Å². The van der Waals surface area contributed by atoms with Crippen LogP contribution in [0.2, 0.25) is 0 Å². The lowest BCUT2D eigenvalue weighted by atomic mass is 10.0. The number of methoxy groups -OCH3 is 2. The van der Waals surface area contributed by atoms with Crippen molar-refractivity contribution in [3.63, 3.8) is 0 Å². The number of amides is 2. The van der Waals surface area contributed by atoms with E-state index < -0.39 is 16.1 Å². The number of carbonyl (C=O) groups is 2. The van der Waals surface area contributed by atoms with Crippen molar-refractivity contribution in [1.82, 2.24) is 14.5 Å². The summed E-state index contributed by atoms with van der Waals surface area (Å²) in [5, 5.41) is 0. The van der Waals surface area contributed by atoms with Gasteiger partial charge in [-0.2, -0.15) is 4.72 Å². The molecule has 0 spiro atoms. The minimum atomic E-state index is -3.91. The molecule has 0 aliphatic carbocycles. The molecule has 1 heterocycles. The average molecular weight is 490 g/mol. The van der Waals surface area contributed by atoms with E-state index in [0.717, 1.165) is 0 Å². The van der Waals surface area contributed by atoms with Gasteiger partial charge >= 0.3 is 0 Å². The van der Waals surface area contributed by atoms with Crippen LogP contribution in [-0.2, 0) is 14.8 Å². The van der Waals surface area contributed by atoms with Crippen LogP contribution in [0, 0.1) is 5.92 Å². The van der Waals surface area contributed by atoms with E-state index in [9.17, 15) is 18.0 Å². The Kier molecular flexibility index (Phi) is 8.16. The Bertz CT molecular complexity index is 1090. The largest absolute Gasteiger partial charge is 0.497 e. The quantitative estimate of drug-likeness (QED) is 0.608. The second-order valence-corrected chi connectivity index (χ2v) is 10.1. The van der Waals surface area contributed by atoms with Crippen molar-refractivity contribution in [2.45, 2.75) is 24.8 Å². The zero-order valence-electron chi connectivity index (χ0n) is 19.9. The molecule has 34 heavy (non-hydrogen) atoms. The smallest absolute Gasteiger partial charge is 0.253 e. The fraction of sp³-hybridized carbons (Fsp3) is 0.417. The molecule has 1 N–H and O–H groups in total. The highest BCUT2D eigenvalue weighted by Gasteiger charge is 2.34. The van der Waals surface area contributed by atoms with Crippen LogP contribution in [0.5, 0.6) is 11.5 Å². The molecule has 184 valence electrons. The van der Waals surface area contributed by atoms with Crippen LogP contribution in [0.15, 0.2) is 53.4 Å². The number of piperazine rings is 1. The van der Waals surface area contributed by atoms with Gasteiger partial charge in [-0.05, 0) is 54.4 Å². The highest BCUT2D eigenvalue weighted by molar-refractivity contribution is 7.89. The maximum absolute atomic E-state index is 13.2. The van der Waals surface area contributed by atoms with Crippen LogP contribution in [0.3, 0.4) is 0 Å². The number of carbonyl (C=O) groups excluding carboxylic acids is 2. The molecule has 2 amide bonds. The monoisotopic (exact) mass is 489 g/mol. The first-order valence-electron chi connectivity index (χ1n) is 11.0. The minimum absolute atomic E-state index is 0.0571. The highest BCUT2D eigenvalue weighted by Crippen LogP contribution is 2.19. The molecular weight excluding hydrogens is 458 g/mol. The van der Waals surface area contributed by atoms with Gasteiger partial charge in [0.1, 0.15) is 17.5 Å². The van der Waals surface area contributed by atoms with E-state index in [4.69, 9.17) is 9.47 Å². The maximum atomic E-state index is 13.2. The first-order valence-corrected chi connectivity index (χ1v) is 12.5. The van der Waals surface area contributed by atoms with Gasteiger partial charge in [-0.3, -0.25) is 9.59 Å². The number of ether oxygens (including phenoxy) is 2. The molecule has 1 atom stereocenters. The van der Waals surface area contributed by atoms with Crippen LogP contribution < -0.4 is 14.2 Å². The lowest BCUT2D eigenvalue weighted by molar-refractivity contribution is -0.135. The lowest BCUT2D eigenvalue weighted by Crippen LogP contribution is -2.57. The summed E-state index contributed by atoms with van der Waals surface area (Å²) < 4.78 is 38.5. The van der Waals surface area contributed by atoms with Crippen molar-refractivity contribution in [1.29, 1.82) is 0 Å². The van der Waals surface area contributed by atoms with E-state index >= 15 is 0 Å². The molecule has 0 saturated carbocycles. The summed E-state index contributed by atoms with van der Waals surface area (Å²) in [6.07, 6.45) is 0. The summed E-state index contributed by atoms with van der Waals surface area (Å²) in [4.78, 5) is 29.4. The van der Waals surface area contributed by atoms with Crippen molar-refractivity contribution < 1.29 is 27.5 Å². The summed E-state index contributed by atoms with van der Waals surface area (Å²) in [6.45, 7) is 4.98. The highest BCUT2D eigenvalue weighted by atomic mass is 32.2. The van der Waals surface area contributed by atoms with E-state index in [0.29, 0.717) is 43.2 Å². The number of sulfonamides is 1. The molecule has 1 fully saturated rings. The Morgan fingerprint density at radius 2 is 1.29 bits per heavy atom. The van der Waals surface area contributed by atoms with E-state index in [1.54, 1.807) is 67.2 Å². The third-order valence-corrected chi connectivity index (χ3v) is 7.26. The molecule has 1 aliphatic heterocycles. The topological polar surface area (TPSA) is 105 Å². The van der Waals surface area contributed by atoms with Crippen LogP contribution in [-0.4, -0.2) is 76.5 Å². The third kappa shape index (κ3) is 5.87. The van der Waals surface area contributed by atoms with Crippen molar-refractivity contribution in [2.75, 3.05) is 40.4 Å². The Labute approximate surface area is 200 Å². The van der Waals surface area contributed by atoms with Gasteiger partial charge in [0.15, 0.2) is 0 Å². The lowest BCUT2D eigenvalue weighted by Gasteiger charge is -2.37. The molecule has 3 rings (SSSR count). The number of hydrogen-bond donors (Lipinski definition) is 1. The average Bonchev–Trinajstić information content (AvgIpc) is 2.86. The van der Waals surface area contributed by atoms with Gasteiger partial charge in [0, 0.05) is 31.7 Å². The third-order valence-electron chi connectivity index (χ3n) is 5.80. The standard InChI is InChI=1S/C24H31N3O6S/c1-17(2)22(25-34(30,31)21-11-9-20(33-4)10-12-21)24(29)27-15-13-26(14-16-27)23(28)18-5-7-19(32-3)8-6-18/h5-12,17,22,25H,13-16H2,1-4H3/t22-/m0/s1. The molecule has 9 nitrogen and oxygen atoms in total.